The van der Waals surface area contributed by atoms with Gasteiger partial charge in [-0.3, -0.25) is 24.1 Å². The number of carbonyl (C=O) groups excluding carboxylic acids is 4. The van der Waals surface area contributed by atoms with E-state index >= 15 is 0 Å². The maximum absolute atomic E-state index is 14.2. The Labute approximate surface area is 427 Å². The molecule has 15 nitrogen and oxygen atoms in total. The third-order valence-electron chi connectivity index (χ3n) is 14.4. The number of hydrogen-bond acceptors (Lipinski definition) is 12. The van der Waals surface area contributed by atoms with Gasteiger partial charge in [-0.05, 0) is 73.7 Å². The van der Waals surface area contributed by atoms with Crippen LogP contribution in [-0.2, 0) is 19.1 Å². The average Bonchev–Trinajstić information content (AvgIpc) is 3.95. The number of carbonyl (C=O) groups is 4. The first-order chi connectivity index (χ1) is 33.5. The van der Waals surface area contributed by atoms with Gasteiger partial charge in [0.2, 0.25) is 17.7 Å². The largest absolute Gasteiger partial charge is 0.489 e. The van der Waals surface area contributed by atoms with Gasteiger partial charge in [0.1, 0.15) is 36.6 Å². The van der Waals surface area contributed by atoms with Gasteiger partial charge in [-0.1, -0.05) is 84.3 Å². The molecule has 3 fully saturated rings. The fraction of sp³-hybridized carbons (Fsp3) is 0.519. The van der Waals surface area contributed by atoms with Crippen molar-refractivity contribution < 1.29 is 33.8 Å². The third-order valence-corrected chi connectivity index (χ3v) is 15.7. The number of aliphatic hydroxyl groups excluding tert-OH is 1. The number of benzene rings is 3. The molecule has 1 aromatic heterocycles. The smallest absolute Gasteiger partial charge is 0.251 e. The highest BCUT2D eigenvalue weighted by molar-refractivity contribution is 7.13. The van der Waals surface area contributed by atoms with E-state index in [1.165, 1.54) is 4.90 Å². The van der Waals surface area contributed by atoms with Gasteiger partial charge in [0.15, 0.2) is 0 Å². The summed E-state index contributed by atoms with van der Waals surface area (Å²) in [5.74, 6) is -0.811. The van der Waals surface area contributed by atoms with Crippen molar-refractivity contribution in [3.8, 4) is 22.3 Å². The number of halogens is 1. The fourth-order valence-electron chi connectivity index (χ4n) is 10.7. The molecular weight excluding hydrogens is 940 g/mol. The van der Waals surface area contributed by atoms with Crippen LogP contribution < -0.4 is 25.6 Å². The zero-order valence-corrected chi connectivity index (χ0v) is 44.1. The second-order valence-electron chi connectivity index (χ2n) is 21.6. The van der Waals surface area contributed by atoms with Gasteiger partial charge in [-0.2, -0.15) is 5.26 Å². The molecule has 71 heavy (non-hydrogen) atoms. The molecule has 4 amide bonds. The van der Waals surface area contributed by atoms with Crippen LogP contribution in [0.3, 0.4) is 0 Å². The number of β-amino-alcohol motifs (C(OH)–C–C–N with tert-alkyl or cyclic N) is 1. The number of aliphatic hydroxyl groups is 1. The zero-order chi connectivity index (χ0) is 51.6. The summed E-state index contributed by atoms with van der Waals surface area (Å²) in [5.41, 5.74) is 5.24. The monoisotopic (exact) mass is 1010 g/mol. The lowest BCUT2D eigenvalue weighted by atomic mass is 9.49. The van der Waals surface area contributed by atoms with Crippen LogP contribution in [0.25, 0.3) is 10.4 Å². The molecule has 1 saturated carbocycles. The van der Waals surface area contributed by atoms with E-state index in [-0.39, 0.29) is 66.5 Å². The minimum atomic E-state index is -0.969. The number of thiazole rings is 1. The predicted molar refractivity (Wildman–Crippen MR) is 276 cm³/mol. The number of nitriles is 1. The number of piperazine rings is 1. The highest BCUT2D eigenvalue weighted by Gasteiger charge is 2.64. The summed E-state index contributed by atoms with van der Waals surface area (Å²) in [6, 6.07) is 20.4. The number of amides is 4. The Bertz CT molecular complexity index is 2580. The number of hydrogen-bond donors (Lipinski definition) is 4. The average molecular weight is 1010 g/mol. The normalized spacial score (nSPS) is 22.1. The Morgan fingerprint density at radius 3 is 2.21 bits per heavy atom. The molecule has 2 aliphatic heterocycles. The molecule has 2 saturated heterocycles. The molecule has 4 aromatic rings. The molecule has 3 aliphatic rings. The number of ether oxygens (including phenoxy) is 2. The first-order valence-corrected chi connectivity index (χ1v) is 25.7. The van der Waals surface area contributed by atoms with E-state index in [1.807, 2.05) is 95.6 Å². The van der Waals surface area contributed by atoms with Crippen LogP contribution in [0.15, 0.2) is 72.2 Å². The topological polar surface area (TPSA) is 189 Å². The Morgan fingerprint density at radius 2 is 1.62 bits per heavy atom. The fourth-order valence-corrected chi connectivity index (χ4v) is 11.7. The number of nitrogens with one attached hydrogen (secondary N) is 3. The lowest BCUT2D eigenvalue weighted by Gasteiger charge is -2.63. The molecule has 3 heterocycles. The number of aromatic nitrogens is 1. The Balaban J connectivity index is 0.846. The number of aryl methyl sites for hydroxylation is 1. The van der Waals surface area contributed by atoms with Crippen molar-refractivity contribution >= 4 is 52.3 Å². The molecular formula is C54H69ClN8O7S. The molecule has 3 aromatic carbocycles. The van der Waals surface area contributed by atoms with Crippen molar-refractivity contribution in [2.45, 2.75) is 118 Å². The van der Waals surface area contributed by atoms with Crippen LogP contribution in [0.5, 0.6) is 5.75 Å². The predicted octanol–water partition coefficient (Wildman–Crippen LogP) is 7.15. The third kappa shape index (κ3) is 12.0. The first-order valence-electron chi connectivity index (χ1n) is 24.4. The van der Waals surface area contributed by atoms with E-state index in [9.17, 15) is 29.5 Å². The van der Waals surface area contributed by atoms with Gasteiger partial charge >= 0.3 is 0 Å². The van der Waals surface area contributed by atoms with Crippen LogP contribution in [-0.4, -0.2) is 126 Å². The van der Waals surface area contributed by atoms with Crippen molar-refractivity contribution in [1.29, 1.82) is 5.26 Å². The zero-order valence-electron chi connectivity index (χ0n) is 42.5. The summed E-state index contributed by atoms with van der Waals surface area (Å²) in [6.07, 6.45) is -1.27. The molecule has 1 aliphatic carbocycles. The second-order valence-corrected chi connectivity index (χ2v) is 22.9. The maximum Gasteiger partial charge on any atom is 0.251 e. The van der Waals surface area contributed by atoms with Crippen LogP contribution in [0.4, 0.5) is 5.69 Å². The molecule has 380 valence electrons. The van der Waals surface area contributed by atoms with E-state index < -0.39 is 35.4 Å². The maximum atomic E-state index is 14.2. The molecule has 0 spiro atoms. The molecule has 0 bridgehead atoms. The summed E-state index contributed by atoms with van der Waals surface area (Å²) in [6.45, 7) is 23.1. The first kappa shape index (κ1) is 53.2. The second kappa shape index (κ2) is 21.6. The van der Waals surface area contributed by atoms with E-state index in [0.29, 0.717) is 28.4 Å². The highest BCUT2D eigenvalue weighted by atomic mass is 35.5. The summed E-state index contributed by atoms with van der Waals surface area (Å²) in [5, 5.41) is 29.5. The lowest BCUT2D eigenvalue weighted by Crippen LogP contribution is -2.74. The number of likely N-dealkylation sites (tertiary alicyclic amines) is 1. The molecule has 2 unspecified atom stereocenters. The van der Waals surface area contributed by atoms with Crippen molar-refractivity contribution in [2.24, 2.45) is 16.2 Å². The van der Waals surface area contributed by atoms with Crippen molar-refractivity contribution in [3.05, 3.63) is 99.6 Å². The quantitative estimate of drug-likeness (QED) is 0.0892. The van der Waals surface area contributed by atoms with Gasteiger partial charge in [-0.15, -0.1) is 11.3 Å². The van der Waals surface area contributed by atoms with E-state index in [1.54, 1.807) is 29.5 Å². The van der Waals surface area contributed by atoms with Crippen LogP contribution in [0.2, 0.25) is 5.02 Å². The minimum Gasteiger partial charge on any atom is -0.489 e. The molecule has 4 N–H and O–H groups in total. The number of nitrogens with zero attached hydrogens (tertiary/aromatic N) is 5. The minimum absolute atomic E-state index is 0.0180. The van der Waals surface area contributed by atoms with Crippen molar-refractivity contribution in [1.82, 2.24) is 30.7 Å². The summed E-state index contributed by atoms with van der Waals surface area (Å²) >= 11 is 7.84. The molecule has 7 rings (SSSR count). The standard InChI is InChI=1S/C54H69ClN8O7S/c1-32(28-61-21-23-62(24-22-61)39-18-15-37(16-19-39)47(66)60-50-53(7,8)51(54(50,9)10)70-41-20-17-38(27-56)42(55)26-41)69-30-44(65)59-46(52(4,5)6)49(68)63-29-40(64)25-43(63)48(67)58-33(2)35-11-13-36(14-12-35)45-34(3)57-31-71-45/h11-20,26,31-33,40,43,46,50-51,64H,21-25,28-30H2,1-10H3,(H,58,67)(H,59,65)(H,60,66)/t32?,33?,40-,43+,46-,50-,51-/m1/s1. The van der Waals surface area contributed by atoms with Crippen molar-refractivity contribution in [3.63, 3.8) is 0 Å². The van der Waals surface area contributed by atoms with Crippen molar-refractivity contribution in [2.75, 3.05) is 50.8 Å². The Morgan fingerprint density at radius 1 is 0.958 bits per heavy atom. The van der Waals surface area contributed by atoms with Gasteiger partial charge in [0.25, 0.3) is 5.91 Å². The molecule has 17 heteroatoms. The van der Waals surface area contributed by atoms with Gasteiger partial charge in [0.05, 0.1) is 44.9 Å². The van der Waals surface area contributed by atoms with Crippen LogP contribution in [0, 0.1) is 34.5 Å². The van der Waals surface area contributed by atoms with E-state index in [0.717, 1.165) is 53.6 Å². The van der Waals surface area contributed by atoms with E-state index in [2.05, 4.69) is 64.5 Å². The van der Waals surface area contributed by atoms with Crippen LogP contribution in [0.1, 0.15) is 102 Å². The molecule has 0 radical (unpaired) electrons. The van der Waals surface area contributed by atoms with E-state index in [4.69, 9.17) is 21.1 Å². The van der Waals surface area contributed by atoms with Crippen LogP contribution >= 0.6 is 22.9 Å². The van der Waals surface area contributed by atoms with Gasteiger partial charge in [-0.25, -0.2) is 4.98 Å². The highest BCUT2D eigenvalue weighted by Crippen LogP contribution is 2.55. The number of anilines is 1. The van der Waals surface area contributed by atoms with Gasteiger partial charge in [0, 0.05) is 79.9 Å². The lowest BCUT2D eigenvalue weighted by molar-refractivity contribution is -0.164. The SMILES string of the molecule is Cc1ncsc1-c1ccc(C(C)NC(=O)[C@@H]2C[C@@H](O)CN2C(=O)[C@@H](NC(=O)COC(C)CN2CCN(c3ccc(C(=O)N[C@H]4C(C)(C)[C@H](Oc5ccc(C#N)c(Cl)c5)C4(C)C)cc3)CC2)C(C)(C)C)cc1. The summed E-state index contributed by atoms with van der Waals surface area (Å²) in [7, 11) is 0. The molecule has 5 atom stereocenters. The summed E-state index contributed by atoms with van der Waals surface area (Å²) in [4.78, 5) is 66.3. The van der Waals surface area contributed by atoms with Gasteiger partial charge < -0.3 is 40.3 Å². The summed E-state index contributed by atoms with van der Waals surface area (Å²) < 4.78 is 12.4. The Kier molecular flexibility index (Phi) is 16.2. The number of rotatable bonds is 16. The Hall–Kier alpha value is -5.57.